The lowest BCUT2D eigenvalue weighted by molar-refractivity contribution is 0.0826. The molecule has 1 amide bonds. The Balaban J connectivity index is 1.38. The fourth-order valence-corrected chi connectivity index (χ4v) is 4.46. The van der Waals surface area contributed by atoms with Gasteiger partial charge in [-0.2, -0.15) is 4.39 Å². The molecule has 12 heteroatoms. The van der Waals surface area contributed by atoms with E-state index in [0.29, 0.717) is 60.2 Å². The third-order valence-corrected chi connectivity index (χ3v) is 6.68. The Kier molecular flexibility index (Phi) is 8.77. The van der Waals surface area contributed by atoms with Crippen molar-refractivity contribution in [3.05, 3.63) is 90.0 Å². The average Bonchev–Trinajstić information content (AvgIpc) is 3.45. The van der Waals surface area contributed by atoms with Crippen molar-refractivity contribution >= 4 is 23.1 Å². The SMILES string of the molecule is CCc1cc(Nc2nccn3c(-c4ccc(Oc5ccc(OCCCN)cn5)c(F)c4F)cnc23)ccc1C(=O)N(C)C. The van der Waals surface area contributed by atoms with Gasteiger partial charge in [-0.05, 0) is 61.3 Å². The molecule has 0 aliphatic heterocycles. The first-order valence-corrected chi connectivity index (χ1v) is 13.7. The first kappa shape index (κ1) is 29.4. The first-order valence-electron chi connectivity index (χ1n) is 13.7. The second-order valence-electron chi connectivity index (χ2n) is 9.83. The van der Waals surface area contributed by atoms with Crippen molar-refractivity contribution in [1.29, 1.82) is 0 Å². The van der Waals surface area contributed by atoms with Gasteiger partial charge in [0.2, 0.25) is 11.7 Å². The molecule has 0 spiro atoms. The number of rotatable bonds is 11. The van der Waals surface area contributed by atoms with Crippen LogP contribution in [-0.2, 0) is 6.42 Å². The number of benzene rings is 2. The summed E-state index contributed by atoms with van der Waals surface area (Å²) >= 11 is 0. The number of nitrogens with two attached hydrogens (primary N) is 1. The van der Waals surface area contributed by atoms with E-state index in [9.17, 15) is 4.79 Å². The predicted octanol–water partition coefficient (Wildman–Crippen LogP) is 5.60. The van der Waals surface area contributed by atoms with E-state index < -0.39 is 11.6 Å². The van der Waals surface area contributed by atoms with Gasteiger partial charge in [-0.3, -0.25) is 9.20 Å². The number of amides is 1. The number of pyridine rings is 1. The molecule has 2 aromatic carbocycles. The zero-order valence-corrected chi connectivity index (χ0v) is 24.0. The number of hydrogen-bond acceptors (Lipinski definition) is 8. The molecule has 0 saturated heterocycles. The van der Waals surface area contributed by atoms with Gasteiger partial charge in [-0.15, -0.1) is 0 Å². The Morgan fingerprint density at radius 3 is 2.60 bits per heavy atom. The molecule has 222 valence electrons. The molecule has 3 N–H and O–H groups in total. The minimum atomic E-state index is -1.16. The van der Waals surface area contributed by atoms with Crippen molar-refractivity contribution in [2.75, 3.05) is 32.6 Å². The highest BCUT2D eigenvalue weighted by Crippen LogP contribution is 2.33. The van der Waals surface area contributed by atoms with Gasteiger partial charge in [0.1, 0.15) is 5.75 Å². The average molecular weight is 588 g/mol. The molecule has 0 atom stereocenters. The molecule has 0 radical (unpaired) electrons. The molecular formula is C31H31F2N7O3. The topological polar surface area (TPSA) is 120 Å². The third-order valence-electron chi connectivity index (χ3n) is 6.68. The number of hydrogen-bond donors (Lipinski definition) is 2. The smallest absolute Gasteiger partial charge is 0.253 e. The van der Waals surface area contributed by atoms with E-state index in [1.54, 1.807) is 42.9 Å². The van der Waals surface area contributed by atoms with Crippen LogP contribution in [0.15, 0.2) is 67.3 Å². The van der Waals surface area contributed by atoms with Gasteiger partial charge in [0.15, 0.2) is 23.0 Å². The third kappa shape index (κ3) is 6.24. The quantitative estimate of drug-likeness (QED) is 0.192. The van der Waals surface area contributed by atoms with Crippen LogP contribution in [0.5, 0.6) is 17.4 Å². The maximum Gasteiger partial charge on any atom is 0.253 e. The predicted molar refractivity (Wildman–Crippen MR) is 159 cm³/mol. The van der Waals surface area contributed by atoms with Crippen LogP contribution in [0, 0.1) is 11.6 Å². The zero-order chi connectivity index (χ0) is 30.5. The number of halogens is 2. The van der Waals surface area contributed by atoms with Gasteiger partial charge in [0, 0.05) is 49.4 Å². The van der Waals surface area contributed by atoms with Crippen molar-refractivity contribution in [2.24, 2.45) is 5.73 Å². The second kappa shape index (κ2) is 12.8. The summed E-state index contributed by atoms with van der Waals surface area (Å²) < 4.78 is 43.1. The second-order valence-corrected chi connectivity index (χ2v) is 9.83. The molecule has 3 aromatic heterocycles. The number of nitrogens with one attached hydrogen (secondary N) is 1. The van der Waals surface area contributed by atoms with E-state index in [1.807, 2.05) is 13.0 Å². The van der Waals surface area contributed by atoms with Crippen LogP contribution in [-0.4, -0.2) is 57.4 Å². The van der Waals surface area contributed by atoms with Crippen molar-refractivity contribution < 1.29 is 23.0 Å². The first-order chi connectivity index (χ1) is 20.8. The molecule has 3 heterocycles. The fourth-order valence-electron chi connectivity index (χ4n) is 4.46. The number of nitrogens with zero attached hydrogens (tertiary/aromatic N) is 5. The number of aromatic nitrogens is 4. The number of carbonyl (C=O) groups is 1. The molecular weight excluding hydrogens is 556 g/mol. The maximum atomic E-state index is 15.4. The van der Waals surface area contributed by atoms with Crippen LogP contribution >= 0.6 is 0 Å². The van der Waals surface area contributed by atoms with Crippen molar-refractivity contribution in [3.8, 4) is 28.6 Å². The number of imidazole rings is 1. The number of ether oxygens (including phenoxy) is 2. The number of anilines is 2. The van der Waals surface area contributed by atoms with Crippen LogP contribution in [0.1, 0.15) is 29.3 Å². The molecule has 0 aliphatic rings. The summed E-state index contributed by atoms with van der Waals surface area (Å²) in [6, 6.07) is 11.3. The number of fused-ring (bicyclic) bond motifs is 1. The van der Waals surface area contributed by atoms with Gasteiger partial charge >= 0.3 is 0 Å². The highest BCUT2D eigenvalue weighted by molar-refractivity contribution is 5.96. The van der Waals surface area contributed by atoms with E-state index in [4.69, 9.17) is 15.2 Å². The van der Waals surface area contributed by atoms with Crippen LogP contribution < -0.4 is 20.5 Å². The van der Waals surface area contributed by atoms with Crippen molar-refractivity contribution in [2.45, 2.75) is 19.8 Å². The maximum absolute atomic E-state index is 15.4. The molecule has 10 nitrogen and oxygen atoms in total. The summed E-state index contributed by atoms with van der Waals surface area (Å²) in [7, 11) is 3.42. The normalized spacial score (nSPS) is 11.0. The molecule has 5 aromatic rings. The standard InChI is InChI=1S/C31H31F2N7O3/c1-4-19-16-20(6-8-22(19)31(41)39(2)3)38-29-30-37-18-24(40(30)14-13-35-29)23-9-10-25(28(33)27(23)32)43-26-11-7-21(17-36-26)42-15-5-12-34/h6-11,13-14,16-18H,4-5,12,15,34H2,1-3H3,(H,35,38). The molecule has 0 bridgehead atoms. The summed E-state index contributed by atoms with van der Waals surface area (Å²) in [5, 5.41) is 3.23. The monoisotopic (exact) mass is 587 g/mol. The van der Waals surface area contributed by atoms with Crippen molar-refractivity contribution in [3.63, 3.8) is 0 Å². The molecule has 0 unspecified atom stereocenters. The lowest BCUT2D eigenvalue weighted by atomic mass is 10.0. The summed E-state index contributed by atoms with van der Waals surface area (Å²) in [6.45, 7) is 2.93. The van der Waals surface area contributed by atoms with Crippen LogP contribution in [0.25, 0.3) is 16.9 Å². The largest absolute Gasteiger partial charge is 0.492 e. The van der Waals surface area contributed by atoms with Crippen LogP contribution in [0.4, 0.5) is 20.3 Å². The number of carbonyl (C=O) groups excluding carboxylic acids is 1. The van der Waals surface area contributed by atoms with E-state index in [0.717, 1.165) is 5.56 Å². The molecule has 0 aliphatic carbocycles. The minimum absolute atomic E-state index is 0.00840. The summed E-state index contributed by atoms with van der Waals surface area (Å²) in [5.41, 5.74) is 8.38. The van der Waals surface area contributed by atoms with Gasteiger partial charge in [-0.1, -0.05) is 6.92 Å². The van der Waals surface area contributed by atoms with Crippen LogP contribution in [0.3, 0.4) is 0 Å². The van der Waals surface area contributed by atoms with Gasteiger partial charge in [0.05, 0.1) is 24.7 Å². The molecule has 0 fully saturated rings. The summed E-state index contributed by atoms with van der Waals surface area (Å²) in [5.74, 6) is -1.65. The van der Waals surface area contributed by atoms with E-state index in [2.05, 4.69) is 20.3 Å². The Labute approximate surface area is 247 Å². The van der Waals surface area contributed by atoms with Crippen LogP contribution in [0.2, 0.25) is 0 Å². The lowest BCUT2D eigenvalue weighted by Crippen LogP contribution is -2.23. The fraction of sp³-hybridized carbons (Fsp3) is 0.226. The Morgan fingerprint density at radius 2 is 1.88 bits per heavy atom. The molecule has 43 heavy (non-hydrogen) atoms. The Hall–Kier alpha value is -5.10. The number of aryl methyl sites for hydroxylation is 1. The Morgan fingerprint density at radius 1 is 1.05 bits per heavy atom. The lowest BCUT2D eigenvalue weighted by Gasteiger charge is -2.15. The van der Waals surface area contributed by atoms with Crippen molar-refractivity contribution in [1.82, 2.24) is 24.3 Å². The van der Waals surface area contributed by atoms with Gasteiger partial charge < -0.3 is 25.4 Å². The minimum Gasteiger partial charge on any atom is -0.492 e. The van der Waals surface area contributed by atoms with E-state index in [1.165, 1.54) is 41.7 Å². The van der Waals surface area contributed by atoms with E-state index >= 15 is 8.78 Å². The summed E-state index contributed by atoms with van der Waals surface area (Å²) in [6.07, 6.45) is 7.39. The van der Waals surface area contributed by atoms with Gasteiger partial charge in [-0.25, -0.2) is 19.3 Å². The van der Waals surface area contributed by atoms with E-state index in [-0.39, 0.29) is 23.1 Å². The molecule has 5 rings (SSSR count). The highest BCUT2D eigenvalue weighted by Gasteiger charge is 2.20. The summed E-state index contributed by atoms with van der Waals surface area (Å²) in [4.78, 5) is 27.0. The van der Waals surface area contributed by atoms with Gasteiger partial charge in [0.25, 0.3) is 5.91 Å². The molecule has 0 saturated carbocycles. The zero-order valence-electron chi connectivity index (χ0n) is 24.0. The Bertz CT molecular complexity index is 1760. The highest BCUT2D eigenvalue weighted by atomic mass is 19.2.